The van der Waals surface area contributed by atoms with Gasteiger partial charge in [0, 0.05) is 23.9 Å². The molecule has 0 aliphatic carbocycles. The van der Waals surface area contributed by atoms with Crippen molar-refractivity contribution in [1.82, 2.24) is 20.4 Å². The van der Waals surface area contributed by atoms with E-state index in [9.17, 15) is 9.59 Å². The summed E-state index contributed by atoms with van der Waals surface area (Å²) < 4.78 is 1.81. The molecule has 6 nitrogen and oxygen atoms in total. The molecule has 2 N–H and O–H groups in total. The van der Waals surface area contributed by atoms with Crippen LogP contribution in [0.5, 0.6) is 0 Å². The predicted octanol–water partition coefficient (Wildman–Crippen LogP) is 3.65. The fourth-order valence-electron chi connectivity index (χ4n) is 3.00. The molecule has 4 rings (SSSR count). The SMILES string of the molecule is O=C(CNC(=O)c1cccs1)NCc1cn(-c2ccccc2)nc1-c1ccccc1. The molecule has 0 radical (unpaired) electrons. The molecule has 2 aromatic heterocycles. The first kappa shape index (κ1) is 19.6. The van der Waals surface area contributed by atoms with Gasteiger partial charge in [-0.05, 0) is 23.6 Å². The second kappa shape index (κ2) is 9.19. The highest BCUT2D eigenvalue weighted by Crippen LogP contribution is 2.23. The number of amides is 2. The van der Waals surface area contributed by atoms with Crippen LogP contribution in [0.4, 0.5) is 0 Å². The van der Waals surface area contributed by atoms with Crippen LogP contribution in [0, 0.1) is 0 Å². The molecule has 0 atom stereocenters. The number of hydrogen-bond acceptors (Lipinski definition) is 4. The van der Waals surface area contributed by atoms with Crippen molar-refractivity contribution in [3.63, 3.8) is 0 Å². The third kappa shape index (κ3) is 4.64. The molecule has 2 aromatic carbocycles. The van der Waals surface area contributed by atoms with E-state index >= 15 is 0 Å². The minimum absolute atomic E-state index is 0.0791. The van der Waals surface area contributed by atoms with Crippen molar-refractivity contribution in [1.29, 1.82) is 0 Å². The Kier molecular flexibility index (Phi) is 6.01. The Balaban J connectivity index is 1.46. The van der Waals surface area contributed by atoms with Crippen molar-refractivity contribution in [2.75, 3.05) is 6.54 Å². The first-order valence-electron chi connectivity index (χ1n) is 9.48. The fraction of sp³-hybridized carbons (Fsp3) is 0.0870. The highest BCUT2D eigenvalue weighted by molar-refractivity contribution is 7.12. The van der Waals surface area contributed by atoms with E-state index in [1.165, 1.54) is 11.3 Å². The van der Waals surface area contributed by atoms with E-state index in [0.717, 1.165) is 22.5 Å². The zero-order chi connectivity index (χ0) is 20.8. The Bertz CT molecular complexity index is 1120. The third-order valence-corrected chi connectivity index (χ3v) is 5.36. The van der Waals surface area contributed by atoms with Gasteiger partial charge in [-0.25, -0.2) is 4.68 Å². The molecule has 0 spiro atoms. The van der Waals surface area contributed by atoms with Crippen LogP contribution >= 0.6 is 11.3 Å². The highest BCUT2D eigenvalue weighted by Gasteiger charge is 2.14. The van der Waals surface area contributed by atoms with Crippen molar-refractivity contribution in [3.8, 4) is 16.9 Å². The smallest absolute Gasteiger partial charge is 0.261 e. The number of hydrogen-bond donors (Lipinski definition) is 2. The number of nitrogens with zero attached hydrogens (tertiary/aromatic N) is 2. The molecule has 0 fully saturated rings. The number of thiophene rings is 1. The van der Waals surface area contributed by atoms with E-state index in [1.807, 2.05) is 76.9 Å². The number of carbonyl (C=O) groups is 2. The Hall–Kier alpha value is -3.71. The van der Waals surface area contributed by atoms with Gasteiger partial charge in [-0.3, -0.25) is 9.59 Å². The van der Waals surface area contributed by atoms with Crippen molar-refractivity contribution in [3.05, 3.63) is 94.8 Å². The largest absolute Gasteiger partial charge is 0.350 e. The molecule has 0 unspecified atom stereocenters. The van der Waals surface area contributed by atoms with Gasteiger partial charge in [0.25, 0.3) is 5.91 Å². The Morgan fingerprint density at radius 2 is 1.63 bits per heavy atom. The molecule has 7 heteroatoms. The summed E-state index contributed by atoms with van der Waals surface area (Å²) in [4.78, 5) is 24.8. The summed E-state index contributed by atoms with van der Waals surface area (Å²) in [6, 6.07) is 23.2. The maximum atomic E-state index is 12.3. The summed E-state index contributed by atoms with van der Waals surface area (Å²) in [6.07, 6.45) is 1.92. The lowest BCUT2D eigenvalue weighted by Crippen LogP contribution is -2.36. The van der Waals surface area contributed by atoms with Crippen LogP contribution in [0.15, 0.2) is 84.4 Å². The molecule has 2 amide bonds. The van der Waals surface area contributed by atoms with E-state index in [-0.39, 0.29) is 18.4 Å². The minimum atomic E-state index is -0.258. The first-order chi connectivity index (χ1) is 14.7. The van der Waals surface area contributed by atoms with Crippen LogP contribution in [0.1, 0.15) is 15.2 Å². The number of benzene rings is 2. The summed E-state index contributed by atoms with van der Waals surface area (Å²) >= 11 is 1.34. The number of aromatic nitrogens is 2. The maximum absolute atomic E-state index is 12.3. The maximum Gasteiger partial charge on any atom is 0.261 e. The summed E-state index contributed by atoms with van der Waals surface area (Å²) in [7, 11) is 0. The quantitative estimate of drug-likeness (QED) is 0.483. The van der Waals surface area contributed by atoms with Crippen LogP contribution < -0.4 is 10.6 Å². The average Bonchev–Trinajstić information content (AvgIpc) is 3.48. The highest BCUT2D eigenvalue weighted by atomic mass is 32.1. The minimum Gasteiger partial charge on any atom is -0.350 e. The lowest BCUT2D eigenvalue weighted by Gasteiger charge is -2.07. The summed E-state index contributed by atoms with van der Waals surface area (Å²) in [6.45, 7) is 0.231. The number of para-hydroxylation sites is 1. The fourth-order valence-corrected chi connectivity index (χ4v) is 3.64. The standard InChI is InChI=1S/C23H20N4O2S/c28-21(15-25-23(29)20-12-7-13-30-20)24-14-18-16-27(19-10-5-2-6-11-19)26-22(18)17-8-3-1-4-9-17/h1-13,16H,14-15H2,(H,24,28)(H,25,29). The Morgan fingerprint density at radius 3 is 2.33 bits per heavy atom. The molecule has 0 saturated carbocycles. The zero-order valence-corrected chi connectivity index (χ0v) is 16.9. The van der Waals surface area contributed by atoms with Gasteiger partial charge in [-0.1, -0.05) is 54.6 Å². The molecule has 0 bridgehead atoms. The van der Waals surface area contributed by atoms with Crippen LogP contribution in [0.2, 0.25) is 0 Å². The van der Waals surface area contributed by atoms with Crippen molar-refractivity contribution in [2.24, 2.45) is 0 Å². The normalized spacial score (nSPS) is 10.5. The molecule has 30 heavy (non-hydrogen) atoms. The molecule has 0 aliphatic heterocycles. The predicted molar refractivity (Wildman–Crippen MR) is 117 cm³/mol. The number of nitrogens with one attached hydrogen (secondary N) is 2. The molecule has 2 heterocycles. The van der Waals surface area contributed by atoms with Gasteiger partial charge in [-0.2, -0.15) is 5.10 Å². The van der Waals surface area contributed by atoms with E-state index < -0.39 is 0 Å². The number of carbonyl (C=O) groups excluding carboxylic acids is 2. The second-order valence-electron chi connectivity index (χ2n) is 6.59. The monoisotopic (exact) mass is 416 g/mol. The molecule has 4 aromatic rings. The lowest BCUT2D eigenvalue weighted by atomic mass is 10.1. The topological polar surface area (TPSA) is 76.0 Å². The van der Waals surface area contributed by atoms with Gasteiger partial charge in [-0.15, -0.1) is 11.3 Å². The van der Waals surface area contributed by atoms with Gasteiger partial charge in [0.1, 0.15) is 0 Å². The van der Waals surface area contributed by atoms with Gasteiger partial charge >= 0.3 is 0 Å². The van der Waals surface area contributed by atoms with Crippen molar-refractivity contribution >= 4 is 23.2 Å². The van der Waals surface area contributed by atoms with Crippen LogP contribution in [0.3, 0.4) is 0 Å². The van der Waals surface area contributed by atoms with E-state index in [0.29, 0.717) is 11.4 Å². The Morgan fingerprint density at radius 1 is 0.900 bits per heavy atom. The molecule has 150 valence electrons. The van der Waals surface area contributed by atoms with Gasteiger partial charge in [0.05, 0.1) is 22.8 Å². The van der Waals surface area contributed by atoms with Crippen molar-refractivity contribution in [2.45, 2.75) is 6.54 Å². The van der Waals surface area contributed by atoms with E-state index in [1.54, 1.807) is 12.1 Å². The van der Waals surface area contributed by atoms with Crippen LogP contribution in [0.25, 0.3) is 16.9 Å². The summed E-state index contributed by atoms with van der Waals surface area (Å²) in [5.41, 5.74) is 3.61. The zero-order valence-electron chi connectivity index (χ0n) is 16.1. The van der Waals surface area contributed by atoms with E-state index in [2.05, 4.69) is 10.6 Å². The summed E-state index contributed by atoms with van der Waals surface area (Å²) in [5, 5.41) is 12.1. The summed E-state index contributed by atoms with van der Waals surface area (Å²) in [5.74, 6) is -0.506. The second-order valence-corrected chi connectivity index (χ2v) is 7.53. The van der Waals surface area contributed by atoms with Gasteiger partial charge in [0.15, 0.2) is 0 Å². The average molecular weight is 417 g/mol. The first-order valence-corrected chi connectivity index (χ1v) is 10.4. The molecule has 0 saturated heterocycles. The lowest BCUT2D eigenvalue weighted by molar-refractivity contribution is -0.120. The van der Waals surface area contributed by atoms with Gasteiger partial charge < -0.3 is 10.6 Å². The third-order valence-electron chi connectivity index (χ3n) is 4.49. The van der Waals surface area contributed by atoms with Crippen molar-refractivity contribution < 1.29 is 9.59 Å². The van der Waals surface area contributed by atoms with Gasteiger partial charge in [0.2, 0.25) is 5.91 Å². The molecular formula is C23H20N4O2S. The number of rotatable bonds is 7. The van der Waals surface area contributed by atoms with Crippen LogP contribution in [-0.2, 0) is 11.3 Å². The Labute approximate surface area is 178 Å². The molecule has 0 aliphatic rings. The van der Waals surface area contributed by atoms with Crippen LogP contribution in [-0.4, -0.2) is 28.1 Å². The molecular weight excluding hydrogens is 396 g/mol. The van der Waals surface area contributed by atoms with E-state index in [4.69, 9.17) is 5.10 Å².